The highest BCUT2D eigenvalue weighted by atomic mass is 16.3. The molecule has 1 heterocycles. The van der Waals surface area contributed by atoms with E-state index < -0.39 is 5.91 Å². The molecular weight excluding hydrogens is 354 g/mol. The number of nitrogens with zero attached hydrogens (tertiary/aromatic N) is 1. The number of amides is 2. The third kappa shape index (κ3) is 3.43. The summed E-state index contributed by atoms with van der Waals surface area (Å²) in [5.74, 6) is 2.30. The lowest BCUT2D eigenvalue weighted by Gasteiger charge is -2.56. The van der Waals surface area contributed by atoms with Gasteiger partial charge in [0.25, 0.3) is 5.91 Å². The van der Waals surface area contributed by atoms with Gasteiger partial charge in [0.15, 0.2) is 5.58 Å². The number of hydrogen-bond donors (Lipinski definition) is 2. The van der Waals surface area contributed by atoms with Gasteiger partial charge in [0.05, 0.1) is 0 Å². The SMILES string of the molecule is O=C(/C=C/c1nc2ccccc2o1)NNC(=O)CC12CC3CC(CC(C3)C1)C2. The van der Waals surface area contributed by atoms with Gasteiger partial charge in [-0.3, -0.25) is 20.4 Å². The summed E-state index contributed by atoms with van der Waals surface area (Å²) in [7, 11) is 0. The van der Waals surface area contributed by atoms with Gasteiger partial charge in [-0.25, -0.2) is 4.98 Å². The summed E-state index contributed by atoms with van der Waals surface area (Å²) in [5.41, 5.74) is 6.63. The van der Waals surface area contributed by atoms with Gasteiger partial charge in [0, 0.05) is 18.6 Å². The molecule has 2 aromatic rings. The number of benzene rings is 1. The van der Waals surface area contributed by atoms with Crippen molar-refractivity contribution in [2.75, 3.05) is 0 Å². The largest absolute Gasteiger partial charge is 0.437 e. The van der Waals surface area contributed by atoms with Crippen LogP contribution in [0, 0.1) is 23.2 Å². The average molecular weight is 379 g/mol. The molecular formula is C22H25N3O3. The molecule has 1 aromatic carbocycles. The van der Waals surface area contributed by atoms with E-state index in [1.54, 1.807) is 0 Å². The molecule has 4 bridgehead atoms. The summed E-state index contributed by atoms with van der Waals surface area (Å²) in [4.78, 5) is 28.7. The number of hydrazine groups is 1. The molecule has 0 aliphatic heterocycles. The lowest BCUT2D eigenvalue weighted by molar-refractivity contribution is -0.133. The summed E-state index contributed by atoms with van der Waals surface area (Å²) >= 11 is 0. The zero-order valence-electron chi connectivity index (χ0n) is 15.8. The lowest BCUT2D eigenvalue weighted by Crippen LogP contribution is -2.49. The van der Waals surface area contributed by atoms with Crippen LogP contribution < -0.4 is 10.9 Å². The van der Waals surface area contributed by atoms with Gasteiger partial charge in [0.1, 0.15) is 5.52 Å². The van der Waals surface area contributed by atoms with Crippen molar-refractivity contribution in [2.24, 2.45) is 23.2 Å². The van der Waals surface area contributed by atoms with Gasteiger partial charge in [-0.15, -0.1) is 0 Å². The van der Waals surface area contributed by atoms with Crippen molar-refractivity contribution in [2.45, 2.75) is 44.9 Å². The molecule has 6 nitrogen and oxygen atoms in total. The standard InChI is InChI=1S/C22H25N3O3/c26-19(5-6-21-23-17-3-1-2-4-18(17)28-21)24-25-20(27)13-22-10-14-7-15(11-22)9-16(8-14)12-22/h1-6,14-16H,7-13H2,(H,24,26)(H,25,27)/b6-5+. The number of rotatable bonds is 4. The molecule has 2 N–H and O–H groups in total. The molecule has 2 amide bonds. The topological polar surface area (TPSA) is 84.2 Å². The number of hydrogen-bond acceptors (Lipinski definition) is 4. The predicted molar refractivity (Wildman–Crippen MR) is 105 cm³/mol. The Bertz CT molecular complexity index is 877. The monoisotopic (exact) mass is 379 g/mol. The second-order valence-corrected chi connectivity index (χ2v) is 8.98. The van der Waals surface area contributed by atoms with Crippen molar-refractivity contribution in [1.29, 1.82) is 0 Å². The highest BCUT2D eigenvalue weighted by molar-refractivity contribution is 5.93. The van der Waals surface area contributed by atoms with E-state index in [-0.39, 0.29) is 11.3 Å². The summed E-state index contributed by atoms with van der Waals surface area (Å²) in [6.45, 7) is 0. The van der Waals surface area contributed by atoms with Crippen LogP contribution in [0.2, 0.25) is 0 Å². The maximum Gasteiger partial charge on any atom is 0.262 e. The minimum Gasteiger partial charge on any atom is -0.437 e. The summed E-state index contributed by atoms with van der Waals surface area (Å²) in [6.07, 6.45) is 10.9. The first-order valence-electron chi connectivity index (χ1n) is 10.2. The molecule has 28 heavy (non-hydrogen) atoms. The minimum absolute atomic E-state index is 0.0921. The van der Waals surface area contributed by atoms with E-state index in [0.717, 1.165) is 23.3 Å². The second kappa shape index (κ2) is 6.76. The molecule has 1 aromatic heterocycles. The fourth-order valence-electron chi connectivity index (χ4n) is 6.17. The molecule has 4 aliphatic carbocycles. The number of aromatic nitrogens is 1. The molecule has 6 rings (SSSR count). The van der Waals surface area contributed by atoms with E-state index in [0.29, 0.717) is 17.9 Å². The quantitative estimate of drug-likeness (QED) is 0.628. The summed E-state index contributed by atoms with van der Waals surface area (Å²) in [6, 6.07) is 7.42. The summed E-state index contributed by atoms with van der Waals surface area (Å²) in [5, 5.41) is 0. The highest BCUT2D eigenvalue weighted by Gasteiger charge is 2.51. The van der Waals surface area contributed by atoms with E-state index in [2.05, 4.69) is 15.8 Å². The molecule has 0 saturated heterocycles. The van der Waals surface area contributed by atoms with Crippen LogP contribution in [-0.2, 0) is 9.59 Å². The molecule has 4 saturated carbocycles. The van der Waals surface area contributed by atoms with Crippen molar-refractivity contribution in [3.05, 3.63) is 36.2 Å². The van der Waals surface area contributed by atoms with Crippen LogP contribution in [0.5, 0.6) is 0 Å². The number of para-hydroxylation sites is 2. The van der Waals surface area contributed by atoms with Gasteiger partial charge >= 0.3 is 0 Å². The Hall–Kier alpha value is -2.63. The molecule has 4 aliphatic rings. The Morgan fingerprint density at radius 1 is 1.07 bits per heavy atom. The first-order chi connectivity index (χ1) is 13.6. The van der Waals surface area contributed by atoms with Crippen LogP contribution in [0.15, 0.2) is 34.8 Å². The number of oxazole rings is 1. The van der Waals surface area contributed by atoms with Gasteiger partial charge in [0.2, 0.25) is 11.8 Å². The normalized spacial score (nSPS) is 30.8. The van der Waals surface area contributed by atoms with E-state index in [9.17, 15) is 9.59 Å². The Morgan fingerprint density at radius 2 is 1.75 bits per heavy atom. The van der Waals surface area contributed by atoms with Crippen LogP contribution in [0.4, 0.5) is 0 Å². The zero-order valence-corrected chi connectivity index (χ0v) is 15.8. The van der Waals surface area contributed by atoms with E-state index in [4.69, 9.17) is 4.42 Å². The van der Waals surface area contributed by atoms with E-state index in [1.807, 2.05) is 24.3 Å². The maximum atomic E-state index is 12.4. The molecule has 4 fully saturated rings. The Morgan fingerprint density at radius 3 is 2.43 bits per heavy atom. The van der Waals surface area contributed by atoms with Crippen molar-refractivity contribution in [3.8, 4) is 0 Å². The molecule has 0 atom stereocenters. The fraction of sp³-hybridized carbons (Fsp3) is 0.500. The molecule has 146 valence electrons. The lowest BCUT2D eigenvalue weighted by atomic mass is 9.49. The van der Waals surface area contributed by atoms with Crippen molar-refractivity contribution >= 4 is 29.0 Å². The zero-order chi connectivity index (χ0) is 19.1. The molecule has 0 spiro atoms. The second-order valence-electron chi connectivity index (χ2n) is 8.98. The van der Waals surface area contributed by atoms with E-state index >= 15 is 0 Å². The first kappa shape index (κ1) is 17.5. The average Bonchev–Trinajstić information content (AvgIpc) is 3.06. The highest BCUT2D eigenvalue weighted by Crippen LogP contribution is 2.61. The first-order valence-corrected chi connectivity index (χ1v) is 10.2. The third-order valence-electron chi connectivity index (χ3n) is 6.71. The van der Waals surface area contributed by atoms with Crippen molar-refractivity contribution in [3.63, 3.8) is 0 Å². The van der Waals surface area contributed by atoms with E-state index in [1.165, 1.54) is 50.7 Å². The van der Waals surface area contributed by atoms with Gasteiger partial charge in [-0.1, -0.05) is 12.1 Å². The van der Waals surface area contributed by atoms with Crippen LogP contribution in [0.25, 0.3) is 17.2 Å². The van der Waals surface area contributed by atoms with Gasteiger partial charge in [-0.05, 0) is 73.8 Å². The Balaban J connectivity index is 1.14. The van der Waals surface area contributed by atoms with Crippen LogP contribution in [0.3, 0.4) is 0 Å². The van der Waals surface area contributed by atoms with Gasteiger partial charge < -0.3 is 4.42 Å². The Kier molecular flexibility index (Phi) is 4.22. The smallest absolute Gasteiger partial charge is 0.262 e. The molecule has 6 heteroatoms. The number of carbonyl (C=O) groups excluding carboxylic acids is 2. The van der Waals surface area contributed by atoms with Crippen molar-refractivity contribution < 1.29 is 14.0 Å². The predicted octanol–water partition coefficient (Wildman–Crippen LogP) is 3.59. The minimum atomic E-state index is -0.402. The van der Waals surface area contributed by atoms with Crippen LogP contribution >= 0.6 is 0 Å². The number of nitrogens with one attached hydrogen (secondary N) is 2. The number of carbonyl (C=O) groups is 2. The van der Waals surface area contributed by atoms with Gasteiger partial charge in [-0.2, -0.15) is 0 Å². The van der Waals surface area contributed by atoms with Crippen molar-refractivity contribution in [1.82, 2.24) is 15.8 Å². The number of fused-ring (bicyclic) bond motifs is 1. The van der Waals surface area contributed by atoms with Crippen LogP contribution in [-0.4, -0.2) is 16.8 Å². The third-order valence-corrected chi connectivity index (χ3v) is 6.71. The summed E-state index contributed by atoms with van der Waals surface area (Å²) < 4.78 is 5.54. The Labute approximate surface area is 163 Å². The fourth-order valence-corrected chi connectivity index (χ4v) is 6.17. The van der Waals surface area contributed by atoms with Crippen LogP contribution in [0.1, 0.15) is 50.8 Å². The molecule has 0 unspecified atom stereocenters. The maximum absolute atomic E-state index is 12.4. The molecule has 0 radical (unpaired) electrons.